The van der Waals surface area contributed by atoms with Gasteiger partial charge in [-0.25, -0.2) is 13.4 Å². The molecule has 138 valence electrons. The molecular formula is C18H22N4O3S. The van der Waals surface area contributed by atoms with Gasteiger partial charge in [0.2, 0.25) is 5.95 Å². The fraction of sp³-hybridized carbons (Fsp3) is 0.389. The van der Waals surface area contributed by atoms with E-state index in [9.17, 15) is 13.2 Å². The van der Waals surface area contributed by atoms with Crippen LogP contribution in [0, 0.1) is 0 Å². The number of anilines is 3. The summed E-state index contributed by atoms with van der Waals surface area (Å²) in [6.45, 7) is 4.12. The summed E-state index contributed by atoms with van der Waals surface area (Å²) >= 11 is 0. The number of carbonyl (C=O) groups excluding carboxylic acids is 1. The molecule has 1 unspecified atom stereocenters. The molecule has 1 aliphatic heterocycles. The lowest BCUT2D eigenvalue weighted by molar-refractivity contribution is 0.101. The summed E-state index contributed by atoms with van der Waals surface area (Å²) in [4.78, 5) is 22.3. The van der Waals surface area contributed by atoms with Gasteiger partial charge in [-0.1, -0.05) is 12.1 Å². The van der Waals surface area contributed by atoms with Gasteiger partial charge in [0.05, 0.1) is 11.5 Å². The van der Waals surface area contributed by atoms with E-state index in [1.807, 2.05) is 24.0 Å². The number of nitrogens with one attached hydrogen (secondary N) is 1. The SMILES string of the molecule is CCN(c1nccc(Nc2cccc(C(C)=O)c2)n1)C1CCS(=O)(=O)C1. The van der Waals surface area contributed by atoms with Crippen LogP contribution in [-0.4, -0.2) is 48.3 Å². The Labute approximate surface area is 153 Å². The minimum Gasteiger partial charge on any atom is -0.340 e. The predicted molar refractivity (Wildman–Crippen MR) is 102 cm³/mol. The first-order valence-electron chi connectivity index (χ1n) is 8.56. The first-order valence-corrected chi connectivity index (χ1v) is 10.4. The van der Waals surface area contributed by atoms with Crippen molar-refractivity contribution in [2.45, 2.75) is 26.3 Å². The maximum Gasteiger partial charge on any atom is 0.227 e. The Morgan fingerprint density at radius 1 is 1.35 bits per heavy atom. The Morgan fingerprint density at radius 2 is 2.15 bits per heavy atom. The molecule has 3 rings (SSSR count). The van der Waals surface area contributed by atoms with Gasteiger partial charge in [0, 0.05) is 30.0 Å². The molecule has 0 saturated carbocycles. The molecule has 0 spiro atoms. The standard InChI is InChI=1S/C18H22N4O3S/c1-3-22(16-8-10-26(24,25)12-16)18-19-9-7-17(21-18)20-15-6-4-5-14(11-15)13(2)23/h4-7,9,11,16H,3,8,10,12H2,1-2H3,(H,19,20,21). The number of sulfone groups is 1. The van der Waals surface area contributed by atoms with Crippen molar-refractivity contribution in [2.24, 2.45) is 0 Å². The number of Topliss-reactive ketones (excluding diaryl/α,β-unsaturated/α-hetero) is 1. The van der Waals surface area contributed by atoms with Gasteiger partial charge in [-0.05, 0) is 38.5 Å². The third kappa shape index (κ3) is 4.19. The lowest BCUT2D eigenvalue weighted by Crippen LogP contribution is -2.37. The Bertz CT molecular complexity index is 914. The zero-order chi connectivity index (χ0) is 18.7. The Kier molecular flexibility index (Phi) is 5.22. The third-order valence-electron chi connectivity index (χ3n) is 4.43. The van der Waals surface area contributed by atoms with Gasteiger partial charge in [0.25, 0.3) is 0 Å². The maximum absolute atomic E-state index is 11.8. The van der Waals surface area contributed by atoms with Crippen LogP contribution in [0.15, 0.2) is 36.5 Å². The van der Waals surface area contributed by atoms with Crippen molar-refractivity contribution in [3.63, 3.8) is 0 Å². The van der Waals surface area contributed by atoms with E-state index in [0.29, 0.717) is 30.3 Å². The summed E-state index contributed by atoms with van der Waals surface area (Å²) in [6.07, 6.45) is 2.24. The summed E-state index contributed by atoms with van der Waals surface area (Å²) in [7, 11) is -2.97. The summed E-state index contributed by atoms with van der Waals surface area (Å²) in [5.41, 5.74) is 1.38. The number of rotatable bonds is 6. The van der Waals surface area contributed by atoms with Crippen LogP contribution in [0.25, 0.3) is 0 Å². The zero-order valence-corrected chi connectivity index (χ0v) is 15.7. The number of hydrogen-bond acceptors (Lipinski definition) is 7. The fourth-order valence-corrected chi connectivity index (χ4v) is 4.84. The fourth-order valence-electron chi connectivity index (χ4n) is 3.10. The molecule has 1 N–H and O–H groups in total. The molecule has 1 saturated heterocycles. The number of nitrogens with zero attached hydrogens (tertiary/aromatic N) is 3. The van der Waals surface area contributed by atoms with E-state index >= 15 is 0 Å². The number of hydrogen-bond donors (Lipinski definition) is 1. The van der Waals surface area contributed by atoms with Crippen LogP contribution >= 0.6 is 0 Å². The smallest absolute Gasteiger partial charge is 0.227 e. The number of aromatic nitrogens is 2. The summed E-state index contributed by atoms with van der Waals surface area (Å²) in [5.74, 6) is 1.45. The van der Waals surface area contributed by atoms with Crippen molar-refractivity contribution >= 4 is 33.1 Å². The number of ketones is 1. The Balaban J connectivity index is 1.81. The minimum absolute atomic E-state index is 0.00312. The third-order valence-corrected chi connectivity index (χ3v) is 6.18. The second-order valence-electron chi connectivity index (χ2n) is 6.35. The molecule has 2 aromatic rings. The predicted octanol–water partition coefficient (Wildman–Crippen LogP) is 2.44. The van der Waals surface area contributed by atoms with Crippen LogP contribution in [0.1, 0.15) is 30.6 Å². The first kappa shape index (κ1) is 18.3. The highest BCUT2D eigenvalue weighted by Crippen LogP contribution is 2.23. The summed E-state index contributed by atoms with van der Waals surface area (Å²) in [6, 6.07) is 8.84. The van der Waals surface area contributed by atoms with Gasteiger partial charge in [-0.3, -0.25) is 4.79 Å². The molecule has 7 nitrogen and oxygen atoms in total. The Morgan fingerprint density at radius 3 is 2.81 bits per heavy atom. The highest BCUT2D eigenvalue weighted by molar-refractivity contribution is 7.91. The average Bonchev–Trinajstić information content (AvgIpc) is 2.96. The lowest BCUT2D eigenvalue weighted by Gasteiger charge is -2.26. The zero-order valence-electron chi connectivity index (χ0n) is 14.8. The van der Waals surface area contributed by atoms with Gasteiger partial charge in [-0.15, -0.1) is 0 Å². The lowest BCUT2D eigenvalue weighted by atomic mass is 10.1. The van der Waals surface area contributed by atoms with E-state index in [2.05, 4.69) is 15.3 Å². The van der Waals surface area contributed by atoms with Crippen LogP contribution in [-0.2, 0) is 9.84 Å². The second kappa shape index (κ2) is 7.41. The van der Waals surface area contributed by atoms with Crippen LogP contribution in [0.2, 0.25) is 0 Å². The van der Waals surface area contributed by atoms with Gasteiger partial charge in [0.15, 0.2) is 15.6 Å². The molecule has 0 amide bonds. The minimum atomic E-state index is -2.97. The van der Waals surface area contributed by atoms with Gasteiger partial charge >= 0.3 is 0 Å². The highest BCUT2D eigenvalue weighted by atomic mass is 32.2. The van der Waals surface area contributed by atoms with Crippen LogP contribution in [0.3, 0.4) is 0 Å². The molecule has 0 radical (unpaired) electrons. The number of benzene rings is 1. The first-order chi connectivity index (χ1) is 12.4. The van der Waals surface area contributed by atoms with Crippen molar-refractivity contribution in [3.05, 3.63) is 42.1 Å². The molecule has 1 fully saturated rings. The van der Waals surface area contributed by atoms with Crippen molar-refractivity contribution in [1.29, 1.82) is 0 Å². The highest BCUT2D eigenvalue weighted by Gasteiger charge is 2.32. The van der Waals surface area contributed by atoms with Crippen molar-refractivity contribution in [1.82, 2.24) is 9.97 Å². The molecule has 1 atom stereocenters. The van der Waals surface area contributed by atoms with E-state index in [4.69, 9.17) is 0 Å². The van der Waals surface area contributed by atoms with E-state index in [0.717, 1.165) is 5.69 Å². The van der Waals surface area contributed by atoms with E-state index < -0.39 is 9.84 Å². The molecule has 0 bridgehead atoms. The van der Waals surface area contributed by atoms with E-state index in [1.54, 1.807) is 24.4 Å². The molecule has 0 aliphatic carbocycles. The maximum atomic E-state index is 11.8. The summed E-state index contributed by atoms with van der Waals surface area (Å²) < 4.78 is 23.6. The van der Waals surface area contributed by atoms with Crippen molar-refractivity contribution < 1.29 is 13.2 Å². The van der Waals surface area contributed by atoms with E-state index in [-0.39, 0.29) is 23.3 Å². The second-order valence-corrected chi connectivity index (χ2v) is 8.58. The summed E-state index contributed by atoms with van der Waals surface area (Å²) in [5, 5.41) is 3.18. The molecule has 26 heavy (non-hydrogen) atoms. The van der Waals surface area contributed by atoms with Crippen molar-refractivity contribution in [2.75, 3.05) is 28.3 Å². The molecule has 1 aromatic heterocycles. The molecule has 1 aliphatic rings. The number of carbonyl (C=O) groups is 1. The van der Waals surface area contributed by atoms with Crippen molar-refractivity contribution in [3.8, 4) is 0 Å². The average molecular weight is 374 g/mol. The van der Waals surface area contributed by atoms with Gasteiger partial charge in [0.1, 0.15) is 5.82 Å². The normalized spacial score (nSPS) is 18.5. The van der Waals surface area contributed by atoms with Crippen LogP contribution in [0.5, 0.6) is 0 Å². The molecular weight excluding hydrogens is 352 g/mol. The topological polar surface area (TPSA) is 92.3 Å². The monoisotopic (exact) mass is 374 g/mol. The van der Waals surface area contributed by atoms with Gasteiger partial charge in [-0.2, -0.15) is 4.98 Å². The van der Waals surface area contributed by atoms with Gasteiger partial charge < -0.3 is 10.2 Å². The Hall–Kier alpha value is -2.48. The van der Waals surface area contributed by atoms with E-state index in [1.165, 1.54) is 6.92 Å². The molecule has 2 heterocycles. The molecule has 1 aromatic carbocycles. The largest absolute Gasteiger partial charge is 0.340 e. The van der Waals surface area contributed by atoms with Crippen LogP contribution < -0.4 is 10.2 Å². The molecule has 8 heteroatoms. The quantitative estimate of drug-likeness (QED) is 0.776. The van der Waals surface area contributed by atoms with Crippen LogP contribution in [0.4, 0.5) is 17.5 Å².